The molecule has 6 heteroatoms. The Morgan fingerprint density at radius 2 is 2.30 bits per heavy atom. The monoisotopic (exact) mass is 163 g/mol. The first-order valence-corrected chi connectivity index (χ1v) is 3.48. The van der Waals surface area contributed by atoms with Crippen molar-refractivity contribution in [1.29, 1.82) is 5.41 Å². The average Bonchev–Trinajstić information content (AvgIpc) is 1.82. The van der Waals surface area contributed by atoms with Gasteiger partial charge in [-0.1, -0.05) is 11.8 Å². The first-order chi connectivity index (χ1) is 4.54. The van der Waals surface area contributed by atoms with Crippen LogP contribution >= 0.6 is 11.8 Å². The SMILES string of the molecule is N=C(N)SC[C@H](N)C(=O)O. The quantitative estimate of drug-likeness (QED) is 0.315. The molecule has 1 atom stereocenters. The van der Waals surface area contributed by atoms with Crippen LogP contribution in [0.4, 0.5) is 0 Å². The fourth-order valence-electron chi connectivity index (χ4n) is 0.251. The normalized spacial score (nSPS) is 12.5. The molecule has 5 nitrogen and oxygen atoms in total. The van der Waals surface area contributed by atoms with Gasteiger partial charge in [0.25, 0.3) is 0 Å². The van der Waals surface area contributed by atoms with E-state index in [9.17, 15) is 4.79 Å². The molecule has 0 heterocycles. The van der Waals surface area contributed by atoms with Crippen LogP contribution in [-0.2, 0) is 4.79 Å². The molecule has 0 bridgehead atoms. The molecule has 0 amide bonds. The third-order valence-corrected chi connectivity index (χ3v) is 1.57. The Kier molecular flexibility index (Phi) is 3.82. The second-order valence-electron chi connectivity index (χ2n) is 1.62. The number of carbonyl (C=O) groups is 1. The fraction of sp³-hybridized carbons (Fsp3) is 0.500. The average molecular weight is 163 g/mol. The van der Waals surface area contributed by atoms with E-state index >= 15 is 0 Å². The van der Waals surface area contributed by atoms with Crippen molar-refractivity contribution in [2.24, 2.45) is 11.5 Å². The Labute approximate surface area is 62.3 Å². The molecule has 0 aliphatic heterocycles. The summed E-state index contributed by atoms with van der Waals surface area (Å²) in [5.74, 6) is -0.932. The Bertz CT molecular complexity index is 149. The molecular weight excluding hydrogens is 154 g/mol. The highest BCUT2D eigenvalue weighted by atomic mass is 32.2. The number of thioether (sulfide) groups is 1. The molecule has 6 N–H and O–H groups in total. The second-order valence-corrected chi connectivity index (χ2v) is 2.68. The number of carboxylic acids is 1. The highest BCUT2D eigenvalue weighted by Crippen LogP contribution is 1.99. The maximum Gasteiger partial charge on any atom is 0.321 e. The number of nitrogens with two attached hydrogens (primary N) is 2. The van der Waals surface area contributed by atoms with Crippen LogP contribution in [0.3, 0.4) is 0 Å². The van der Waals surface area contributed by atoms with Crippen LogP contribution in [0.5, 0.6) is 0 Å². The van der Waals surface area contributed by atoms with Gasteiger partial charge in [0.2, 0.25) is 0 Å². The summed E-state index contributed by atoms with van der Waals surface area (Å²) in [7, 11) is 0. The third-order valence-electron chi connectivity index (χ3n) is 0.736. The minimum atomic E-state index is -1.08. The smallest absolute Gasteiger partial charge is 0.321 e. The van der Waals surface area contributed by atoms with E-state index in [-0.39, 0.29) is 10.9 Å². The van der Waals surface area contributed by atoms with E-state index in [1.54, 1.807) is 0 Å². The molecule has 10 heavy (non-hydrogen) atoms. The predicted octanol–water partition coefficient (Wildman–Crippen LogP) is -0.975. The van der Waals surface area contributed by atoms with Crippen molar-refractivity contribution >= 4 is 22.9 Å². The van der Waals surface area contributed by atoms with Crippen molar-refractivity contribution in [2.75, 3.05) is 5.75 Å². The van der Waals surface area contributed by atoms with E-state index in [0.717, 1.165) is 11.8 Å². The van der Waals surface area contributed by atoms with Gasteiger partial charge in [-0.2, -0.15) is 0 Å². The van der Waals surface area contributed by atoms with Gasteiger partial charge in [-0.15, -0.1) is 0 Å². The zero-order valence-corrected chi connectivity index (χ0v) is 6.02. The Balaban J connectivity index is 3.49. The van der Waals surface area contributed by atoms with Crippen LogP contribution < -0.4 is 11.5 Å². The van der Waals surface area contributed by atoms with Gasteiger partial charge in [-0.05, 0) is 0 Å². The molecule has 0 aliphatic carbocycles. The van der Waals surface area contributed by atoms with E-state index < -0.39 is 12.0 Å². The maximum atomic E-state index is 10.1. The van der Waals surface area contributed by atoms with Crippen LogP contribution in [0.25, 0.3) is 0 Å². The van der Waals surface area contributed by atoms with E-state index in [0.29, 0.717) is 0 Å². The third kappa shape index (κ3) is 4.16. The lowest BCUT2D eigenvalue weighted by atomic mass is 10.4. The molecule has 0 aliphatic rings. The van der Waals surface area contributed by atoms with Crippen molar-refractivity contribution in [1.82, 2.24) is 0 Å². The summed E-state index contributed by atoms with van der Waals surface area (Å²) in [4.78, 5) is 10.1. The number of carboxylic acid groups (broad SMARTS) is 1. The minimum Gasteiger partial charge on any atom is -0.480 e. The van der Waals surface area contributed by atoms with Crippen LogP contribution in [-0.4, -0.2) is 28.0 Å². The zero-order chi connectivity index (χ0) is 8.15. The van der Waals surface area contributed by atoms with E-state index in [1.165, 1.54) is 0 Å². The molecule has 0 fully saturated rings. The summed E-state index contributed by atoms with van der Waals surface area (Å²) in [6, 6.07) is -0.936. The van der Waals surface area contributed by atoms with Gasteiger partial charge in [0.15, 0.2) is 5.17 Å². The molecule has 0 rings (SSSR count). The van der Waals surface area contributed by atoms with Crippen LogP contribution in [0.2, 0.25) is 0 Å². The molecule has 0 aromatic heterocycles. The molecule has 0 saturated carbocycles. The number of hydrogen-bond donors (Lipinski definition) is 4. The summed E-state index contributed by atoms with van der Waals surface area (Å²) in [5.41, 5.74) is 10.0. The Morgan fingerprint density at radius 1 is 1.80 bits per heavy atom. The zero-order valence-electron chi connectivity index (χ0n) is 5.20. The van der Waals surface area contributed by atoms with E-state index in [1.807, 2.05) is 0 Å². The molecule has 0 aromatic carbocycles. The van der Waals surface area contributed by atoms with Crippen molar-refractivity contribution in [2.45, 2.75) is 6.04 Å². The van der Waals surface area contributed by atoms with Gasteiger partial charge < -0.3 is 16.6 Å². The van der Waals surface area contributed by atoms with E-state index in [4.69, 9.17) is 22.0 Å². The Morgan fingerprint density at radius 3 is 2.60 bits per heavy atom. The fourth-order valence-corrected chi connectivity index (χ4v) is 0.753. The molecular formula is C4H9N3O2S. The summed E-state index contributed by atoms with van der Waals surface area (Å²) in [5, 5.41) is 14.9. The highest BCUT2D eigenvalue weighted by molar-refractivity contribution is 8.13. The van der Waals surface area contributed by atoms with Gasteiger partial charge in [0.1, 0.15) is 6.04 Å². The molecule has 0 spiro atoms. The van der Waals surface area contributed by atoms with E-state index in [2.05, 4.69) is 0 Å². The van der Waals surface area contributed by atoms with Crippen LogP contribution in [0.1, 0.15) is 0 Å². The summed E-state index contributed by atoms with van der Waals surface area (Å²) in [6.07, 6.45) is 0. The van der Waals surface area contributed by atoms with Crippen molar-refractivity contribution in [3.05, 3.63) is 0 Å². The first-order valence-electron chi connectivity index (χ1n) is 2.49. The maximum absolute atomic E-state index is 10.1. The van der Waals surface area contributed by atoms with Gasteiger partial charge in [-0.3, -0.25) is 10.2 Å². The number of rotatable bonds is 3. The standard InChI is InChI=1S/C4H9N3O2S/c5-2(3(8)9)1-10-4(6)7/h2H,1,5H2,(H3,6,7)(H,8,9)/t2-/m0/s1. The number of hydrogen-bond acceptors (Lipinski definition) is 4. The highest BCUT2D eigenvalue weighted by Gasteiger charge is 2.10. The summed E-state index contributed by atoms with van der Waals surface area (Å²) < 4.78 is 0. The number of nitrogens with one attached hydrogen (secondary N) is 1. The van der Waals surface area contributed by atoms with Gasteiger partial charge in [-0.25, -0.2) is 0 Å². The Hall–Kier alpha value is -0.750. The topological polar surface area (TPSA) is 113 Å². The number of amidine groups is 1. The van der Waals surface area contributed by atoms with Crippen LogP contribution in [0, 0.1) is 5.41 Å². The molecule has 0 aromatic rings. The lowest BCUT2D eigenvalue weighted by molar-refractivity contribution is -0.137. The van der Waals surface area contributed by atoms with Crippen molar-refractivity contribution in [3.8, 4) is 0 Å². The first kappa shape index (κ1) is 9.25. The molecule has 58 valence electrons. The number of aliphatic carboxylic acids is 1. The molecule has 0 unspecified atom stereocenters. The van der Waals surface area contributed by atoms with Gasteiger partial charge >= 0.3 is 5.97 Å². The van der Waals surface area contributed by atoms with Gasteiger partial charge in [0, 0.05) is 5.75 Å². The van der Waals surface area contributed by atoms with Crippen LogP contribution in [0.15, 0.2) is 0 Å². The summed E-state index contributed by atoms with van der Waals surface area (Å²) >= 11 is 0.923. The van der Waals surface area contributed by atoms with Crippen molar-refractivity contribution < 1.29 is 9.90 Å². The molecule has 0 saturated heterocycles. The van der Waals surface area contributed by atoms with Gasteiger partial charge in [0.05, 0.1) is 0 Å². The summed E-state index contributed by atoms with van der Waals surface area (Å²) in [6.45, 7) is 0. The minimum absolute atomic E-state index is 0.114. The second kappa shape index (κ2) is 4.13. The lowest BCUT2D eigenvalue weighted by Gasteiger charge is -2.02. The largest absolute Gasteiger partial charge is 0.480 e. The van der Waals surface area contributed by atoms with Crippen molar-refractivity contribution in [3.63, 3.8) is 0 Å². The predicted molar refractivity (Wildman–Crippen MR) is 40.0 cm³/mol. The lowest BCUT2D eigenvalue weighted by Crippen LogP contribution is -2.33. The molecule has 0 radical (unpaired) electrons.